The third kappa shape index (κ3) is 11.8. The predicted octanol–water partition coefficient (Wildman–Crippen LogP) is -1.57. The summed E-state index contributed by atoms with van der Waals surface area (Å²) < 4.78 is 0. The zero-order valence-corrected chi connectivity index (χ0v) is 19.2. The van der Waals surface area contributed by atoms with Crippen LogP contribution in [0.1, 0.15) is 37.7 Å². The number of phenols is 1. The molecule has 1 aromatic rings. The Morgan fingerprint density at radius 3 is 2.03 bits per heavy atom. The van der Waals surface area contributed by atoms with E-state index in [0.29, 0.717) is 31.4 Å². The van der Waals surface area contributed by atoms with Crippen molar-refractivity contribution < 1.29 is 39.3 Å². The molecule has 0 aliphatic carbocycles. The third-order valence-corrected chi connectivity index (χ3v) is 5.01. The quantitative estimate of drug-likeness (QED) is 0.123. The summed E-state index contributed by atoms with van der Waals surface area (Å²) >= 11 is 0. The first-order valence-corrected chi connectivity index (χ1v) is 11.1. The number of carbonyl (C=O) groups is 5. The molecule has 1 rings (SSSR count). The Kier molecular flexibility index (Phi) is 12.8. The van der Waals surface area contributed by atoms with Gasteiger partial charge in [-0.2, -0.15) is 0 Å². The van der Waals surface area contributed by atoms with Crippen molar-refractivity contribution in [2.75, 3.05) is 13.1 Å². The number of carboxylic acid groups (broad SMARTS) is 2. The van der Waals surface area contributed by atoms with Crippen LogP contribution in [0, 0.1) is 0 Å². The van der Waals surface area contributed by atoms with Crippen LogP contribution in [-0.2, 0) is 30.4 Å². The van der Waals surface area contributed by atoms with E-state index < -0.39 is 60.8 Å². The molecule has 0 saturated heterocycles. The molecule has 10 N–H and O–H groups in total. The van der Waals surface area contributed by atoms with Gasteiger partial charge in [0.1, 0.15) is 24.4 Å². The van der Waals surface area contributed by atoms with Crippen LogP contribution in [0.4, 0.5) is 0 Å². The van der Waals surface area contributed by atoms with Crippen molar-refractivity contribution in [3.05, 3.63) is 29.8 Å². The number of hydrogen-bond acceptors (Lipinski definition) is 8. The maximum atomic E-state index is 13.1. The fourth-order valence-electron chi connectivity index (χ4n) is 3.09. The van der Waals surface area contributed by atoms with Crippen molar-refractivity contribution in [3.63, 3.8) is 0 Å². The first kappa shape index (κ1) is 29.3. The molecule has 0 radical (unpaired) electrons. The van der Waals surface area contributed by atoms with Crippen LogP contribution in [0.5, 0.6) is 5.75 Å². The van der Waals surface area contributed by atoms with Crippen LogP contribution in [0.15, 0.2) is 24.3 Å². The fraction of sp³-hybridized carbons (Fsp3) is 0.500. The van der Waals surface area contributed by atoms with Gasteiger partial charge in [-0.3, -0.25) is 24.0 Å². The van der Waals surface area contributed by atoms with E-state index in [9.17, 15) is 29.1 Å². The molecule has 13 nitrogen and oxygen atoms in total. The van der Waals surface area contributed by atoms with E-state index in [0.717, 1.165) is 0 Å². The van der Waals surface area contributed by atoms with E-state index in [4.69, 9.17) is 21.7 Å². The summed E-state index contributed by atoms with van der Waals surface area (Å²) in [4.78, 5) is 59.7. The van der Waals surface area contributed by atoms with Crippen LogP contribution in [-0.4, -0.2) is 76.2 Å². The molecule has 0 bridgehead atoms. The molecule has 0 fully saturated rings. The number of rotatable bonds is 16. The van der Waals surface area contributed by atoms with Crippen LogP contribution in [0.2, 0.25) is 0 Å². The normalized spacial score (nSPS) is 13.2. The molecule has 0 heterocycles. The predicted molar refractivity (Wildman–Crippen MR) is 124 cm³/mol. The standard InChI is InChI=1S/C22H33N5O8/c23-10-2-1-3-15(24)20(33)27-17(11-13-4-6-14(28)7-5-13)22(35)26-16(8-9-18(29)30)21(34)25-12-19(31)32/h4-7,15-17,28H,1-3,8-12,23-24H2,(H,25,34)(H,26,35)(H,27,33)(H,29,30)(H,31,32)/t15-,16-,17-/m0/s1. The zero-order chi connectivity index (χ0) is 26.4. The second kappa shape index (κ2) is 15.2. The highest BCUT2D eigenvalue weighted by Crippen LogP contribution is 2.12. The minimum atomic E-state index is -1.35. The summed E-state index contributed by atoms with van der Waals surface area (Å²) in [5.74, 6) is -4.80. The second-order valence-electron chi connectivity index (χ2n) is 7.93. The van der Waals surface area contributed by atoms with Gasteiger partial charge in [0.15, 0.2) is 0 Å². The van der Waals surface area contributed by atoms with Gasteiger partial charge in [0, 0.05) is 12.8 Å². The maximum Gasteiger partial charge on any atom is 0.322 e. The van der Waals surface area contributed by atoms with Gasteiger partial charge < -0.3 is 42.7 Å². The average molecular weight is 496 g/mol. The lowest BCUT2D eigenvalue weighted by molar-refractivity contribution is -0.140. The highest BCUT2D eigenvalue weighted by molar-refractivity contribution is 5.94. The zero-order valence-electron chi connectivity index (χ0n) is 19.2. The number of nitrogens with one attached hydrogen (secondary N) is 3. The molecule has 1 aromatic carbocycles. The molecule has 3 atom stereocenters. The van der Waals surface area contributed by atoms with Gasteiger partial charge in [-0.05, 0) is 43.5 Å². The molecule has 0 aliphatic rings. The number of carbonyl (C=O) groups excluding carboxylic acids is 3. The number of aromatic hydroxyl groups is 1. The minimum absolute atomic E-state index is 0.00421. The number of phenolic OH excluding ortho intramolecular Hbond substituents is 1. The van der Waals surface area contributed by atoms with Gasteiger partial charge in [-0.1, -0.05) is 18.6 Å². The van der Waals surface area contributed by atoms with Crippen molar-refractivity contribution in [1.82, 2.24) is 16.0 Å². The average Bonchev–Trinajstić information content (AvgIpc) is 2.80. The summed E-state index contributed by atoms with van der Waals surface area (Å²) in [5, 5.41) is 34.3. The van der Waals surface area contributed by atoms with Gasteiger partial charge in [0.25, 0.3) is 0 Å². The van der Waals surface area contributed by atoms with Crippen molar-refractivity contribution in [1.29, 1.82) is 0 Å². The Labute approximate surface area is 202 Å². The molecular formula is C22H33N5O8. The van der Waals surface area contributed by atoms with E-state index in [1.54, 1.807) is 12.1 Å². The Hall–Kier alpha value is -3.71. The smallest absolute Gasteiger partial charge is 0.322 e. The van der Waals surface area contributed by atoms with Crippen molar-refractivity contribution in [3.8, 4) is 5.75 Å². The molecule has 0 unspecified atom stereocenters. The SMILES string of the molecule is NCCCC[C@H](N)C(=O)N[C@@H](Cc1ccc(O)cc1)C(=O)N[C@@H](CCC(=O)O)C(=O)NCC(=O)O. The number of hydrogen-bond donors (Lipinski definition) is 8. The van der Waals surface area contributed by atoms with E-state index >= 15 is 0 Å². The van der Waals surface area contributed by atoms with E-state index in [-0.39, 0.29) is 18.6 Å². The van der Waals surface area contributed by atoms with E-state index in [2.05, 4.69) is 16.0 Å². The summed E-state index contributed by atoms with van der Waals surface area (Å²) in [7, 11) is 0. The Morgan fingerprint density at radius 1 is 0.829 bits per heavy atom. The van der Waals surface area contributed by atoms with Gasteiger partial charge in [0.05, 0.1) is 6.04 Å². The van der Waals surface area contributed by atoms with Gasteiger partial charge in [-0.15, -0.1) is 0 Å². The first-order valence-electron chi connectivity index (χ1n) is 11.1. The van der Waals surface area contributed by atoms with Crippen molar-refractivity contribution >= 4 is 29.7 Å². The molecule has 0 aromatic heterocycles. The van der Waals surface area contributed by atoms with Crippen molar-refractivity contribution in [2.24, 2.45) is 11.5 Å². The van der Waals surface area contributed by atoms with E-state index in [1.165, 1.54) is 12.1 Å². The van der Waals surface area contributed by atoms with Crippen LogP contribution in [0.3, 0.4) is 0 Å². The third-order valence-electron chi connectivity index (χ3n) is 5.01. The highest BCUT2D eigenvalue weighted by atomic mass is 16.4. The van der Waals surface area contributed by atoms with Gasteiger partial charge in [-0.25, -0.2) is 0 Å². The minimum Gasteiger partial charge on any atom is -0.508 e. The van der Waals surface area contributed by atoms with Crippen molar-refractivity contribution in [2.45, 2.75) is 56.7 Å². The lowest BCUT2D eigenvalue weighted by atomic mass is 10.0. The van der Waals surface area contributed by atoms with Crippen LogP contribution >= 0.6 is 0 Å². The monoisotopic (exact) mass is 495 g/mol. The molecule has 194 valence electrons. The topological polar surface area (TPSA) is 234 Å². The number of carboxylic acids is 2. The molecule has 0 aliphatic heterocycles. The Morgan fingerprint density at radius 2 is 1.46 bits per heavy atom. The fourth-order valence-corrected chi connectivity index (χ4v) is 3.09. The molecule has 0 spiro atoms. The number of aliphatic carboxylic acids is 2. The Balaban J connectivity index is 3.02. The lowest BCUT2D eigenvalue weighted by Gasteiger charge is -2.24. The van der Waals surface area contributed by atoms with Gasteiger partial charge >= 0.3 is 11.9 Å². The second-order valence-corrected chi connectivity index (χ2v) is 7.93. The molecule has 35 heavy (non-hydrogen) atoms. The first-order chi connectivity index (χ1) is 16.5. The number of benzene rings is 1. The molecule has 13 heteroatoms. The number of nitrogens with two attached hydrogens (primary N) is 2. The number of amides is 3. The molecular weight excluding hydrogens is 462 g/mol. The Bertz CT molecular complexity index is 877. The van der Waals surface area contributed by atoms with Gasteiger partial charge in [0.2, 0.25) is 17.7 Å². The maximum absolute atomic E-state index is 13.1. The number of unbranched alkanes of at least 4 members (excludes halogenated alkanes) is 1. The summed E-state index contributed by atoms with van der Waals surface area (Å²) in [5.41, 5.74) is 11.9. The van der Waals surface area contributed by atoms with Crippen LogP contribution < -0.4 is 27.4 Å². The highest BCUT2D eigenvalue weighted by Gasteiger charge is 2.29. The lowest BCUT2D eigenvalue weighted by Crippen LogP contribution is -2.56. The molecule has 0 saturated carbocycles. The largest absolute Gasteiger partial charge is 0.508 e. The van der Waals surface area contributed by atoms with E-state index in [1.807, 2.05) is 0 Å². The summed E-state index contributed by atoms with van der Waals surface area (Å²) in [6.45, 7) is -0.272. The van der Waals surface area contributed by atoms with Crippen LogP contribution in [0.25, 0.3) is 0 Å². The summed E-state index contributed by atoms with van der Waals surface area (Å²) in [6, 6.07) is 2.45. The summed E-state index contributed by atoms with van der Waals surface area (Å²) in [6.07, 6.45) is 0.846. The molecule has 3 amide bonds.